The van der Waals surface area contributed by atoms with E-state index >= 15 is 17.6 Å². The molecule has 2 N–H and O–H groups in total. The summed E-state index contributed by atoms with van der Waals surface area (Å²) in [5.74, 6) is -121. The van der Waals surface area contributed by atoms with E-state index in [9.17, 15) is 142 Å². The van der Waals surface area contributed by atoms with Gasteiger partial charge >= 0.3 is 95.3 Å². The highest BCUT2D eigenvalue weighted by Gasteiger charge is 2.97. The van der Waals surface area contributed by atoms with Crippen LogP contribution in [0, 0.1) is 0 Å². The fourth-order valence-corrected chi connectivity index (χ4v) is 6.19. The Bertz CT molecular complexity index is 2250. The van der Waals surface area contributed by atoms with Crippen molar-refractivity contribution in [3.63, 3.8) is 0 Å². The van der Waals surface area contributed by atoms with E-state index in [2.05, 4.69) is 9.98 Å². The molecule has 2 atom stereocenters. The third-order valence-electron chi connectivity index (χ3n) is 10.7. The van der Waals surface area contributed by atoms with Crippen LogP contribution in [0.3, 0.4) is 0 Å². The van der Waals surface area contributed by atoms with Crippen molar-refractivity contribution in [2.45, 2.75) is 133 Å². The van der Waals surface area contributed by atoms with Crippen LogP contribution in [0.2, 0.25) is 0 Å². The molecule has 0 heterocycles. The third-order valence-corrected chi connectivity index (χ3v) is 10.7. The molecule has 74 heavy (non-hydrogen) atoms. The lowest BCUT2D eigenvalue weighted by atomic mass is 9.87. The van der Waals surface area contributed by atoms with Gasteiger partial charge in [0.15, 0.2) is 0 Å². The van der Waals surface area contributed by atoms with Gasteiger partial charge in [0.2, 0.25) is 0 Å². The lowest BCUT2D eigenvalue weighted by Gasteiger charge is -2.42. The molecule has 424 valence electrons. The second-order valence-corrected chi connectivity index (χ2v) is 15.6. The van der Waals surface area contributed by atoms with Gasteiger partial charge in [-0.3, -0.25) is 9.98 Å². The highest BCUT2D eigenvalue weighted by molar-refractivity contribution is 5.85. The van der Waals surface area contributed by atoms with Crippen LogP contribution in [0.4, 0.5) is 149 Å². The maximum absolute atomic E-state index is 15.0. The van der Waals surface area contributed by atoms with Gasteiger partial charge in [-0.2, -0.15) is 149 Å². The van der Waals surface area contributed by atoms with Crippen LogP contribution in [-0.4, -0.2) is 118 Å². The predicted molar refractivity (Wildman–Crippen MR) is 177 cm³/mol. The molecule has 0 aliphatic heterocycles. The second-order valence-electron chi connectivity index (χ2n) is 15.6. The maximum atomic E-state index is 15.0. The van der Waals surface area contributed by atoms with E-state index in [0.717, 1.165) is 0 Å². The van der Waals surface area contributed by atoms with E-state index < -0.39 is 165 Å². The lowest BCUT2D eigenvalue weighted by molar-refractivity contribution is -0.462. The average Bonchev–Trinajstić information content (AvgIpc) is 3.24. The Labute approximate surface area is 385 Å². The Kier molecular flexibility index (Phi) is 15.7. The van der Waals surface area contributed by atoms with Gasteiger partial charge in [-0.05, 0) is 49.2 Å². The number of hydrogen-bond donors (Lipinski definition) is 2. The minimum atomic E-state index is -8.96. The van der Waals surface area contributed by atoms with Crippen molar-refractivity contribution in [3.05, 3.63) is 58.7 Å². The summed E-state index contributed by atoms with van der Waals surface area (Å²) in [6, 6.07) is -6.01. The molecular weight excluding hydrogens is 1140 g/mol. The quantitative estimate of drug-likeness (QED) is 0.115. The van der Waals surface area contributed by atoms with Crippen molar-refractivity contribution in [1.29, 1.82) is 0 Å². The van der Waals surface area contributed by atoms with Crippen LogP contribution in [-0.2, 0) is 11.8 Å². The molecule has 38 heteroatoms. The van der Waals surface area contributed by atoms with Gasteiger partial charge in [0.25, 0.3) is 0 Å². The van der Waals surface area contributed by atoms with Gasteiger partial charge in [0.1, 0.15) is 11.5 Å². The summed E-state index contributed by atoms with van der Waals surface area (Å²) >= 11 is 0. The van der Waals surface area contributed by atoms with Crippen molar-refractivity contribution < 1.29 is 159 Å². The van der Waals surface area contributed by atoms with Crippen LogP contribution < -0.4 is 0 Å². The maximum Gasteiger partial charge on any atom is 0.460 e. The fraction of sp³-hybridized carbons (Fsp3) is 0.611. The predicted octanol–water partition coefficient (Wildman–Crippen LogP) is 14.9. The molecule has 0 aromatic heterocycles. The second kappa shape index (κ2) is 18.3. The van der Waals surface area contributed by atoms with Crippen LogP contribution >= 0.6 is 0 Å². The van der Waals surface area contributed by atoms with Gasteiger partial charge in [-0.1, -0.05) is 12.8 Å². The molecule has 1 aliphatic rings. The van der Waals surface area contributed by atoms with E-state index in [1.165, 1.54) is 0 Å². The number of aliphatic imine (C=N–C) groups is 2. The van der Waals surface area contributed by atoms with Crippen molar-refractivity contribution in [1.82, 2.24) is 0 Å². The topological polar surface area (TPSA) is 65.2 Å². The Hall–Kier alpha value is -5.00. The number of phenolic OH excluding ortho intramolecular Hbond substituents is 2. The molecular formula is C36H20F34N2O2. The first-order chi connectivity index (χ1) is 32.4. The highest BCUT2D eigenvalue weighted by Crippen LogP contribution is 2.67. The molecule has 0 bridgehead atoms. The number of phenols is 2. The summed E-state index contributed by atoms with van der Waals surface area (Å²) in [6.07, 6.45) is -16.7. The Balaban J connectivity index is 2.04. The summed E-state index contributed by atoms with van der Waals surface area (Å²) in [4.78, 5) is 7.21. The van der Waals surface area contributed by atoms with Crippen molar-refractivity contribution in [3.8, 4) is 11.5 Å². The number of nitrogens with zero attached hydrogens (tertiary/aromatic N) is 2. The Morgan fingerprint density at radius 1 is 0.324 bits per heavy atom. The molecule has 4 nitrogen and oxygen atoms in total. The first-order valence-electron chi connectivity index (χ1n) is 18.6. The minimum absolute atomic E-state index is 0.0219. The zero-order valence-corrected chi connectivity index (χ0v) is 34.2. The van der Waals surface area contributed by atoms with Crippen molar-refractivity contribution >= 4 is 12.4 Å². The molecule has 1 aliphatic carbocycles. The van der Waals surface area contributed by atoms with Gasteiger partial charge in [0.05, 0.1) is 12.1 Å². The van der Waals surface area contributed by atoms with Crippen LogP contribution in [0.15, 0.2) is 46.4 Å². The smallest absolute Gasteiger partial charge is 0.460 e. The SMILES string of the molecule is Oc1ccc(C(F)(F)C(F)(F)C(F)(F)C(F)(F)C(F)(F)C(F)(F)C(F)(F)C(F)(F)F)cc1C=NC1CCCCC1N=Cc1cc(C(F)(F)C(F)(F)C(F)(F)C(F)(F)C(F)(F)C(F)(F)C(F)(F)C(F)(F)F)ccc1O. The highest BCUT2D eigenvalue weighted by atomic mass is 19.4. The Morgan fingerprint density at radius 2 is 0.541 bits per heavy atom. The van der Waals surface area contributed by atoms with E-state index in [1.54, 1.807) is 0 Å². The number of hydrogen-bond acceptors (Lipinski definition) is 4. The monoisotopic (exact) mass is 1160 g/mol. The van der Waals surface area contributed by atoms with Crippen molar-refractivity contribution in [2.75, 3.05) is 0 Å². The van der Waals surface area contributed by atoms with E-state index in [4.69, 9.17) is 0 Å². The van der Waals surface area contributed by atoms with Gasteiger partial charge < -0.3 is 10.2 Å². The number of alkyl halides is 34. The molecule has 1 saturated carbocycles. The summed E-state index contributed by atoms with van der Waals surface area (Å²) in [7, 11) is 0. The number of benzene rings is 2. The lowest BCUT2D eigenvalue weighted by Crippen LogP contribution is -2.74. The van der Waals surface area contributed by atoms with Crippen LogP contribution in [0.25, 0.3) is 0 Å². The third kappa shape index (κ3) is 9.01. The summed E-state index contributed by atoms with van der Waals surface area (Å²) < 4.78 is 470. The average molecular weight is 1160 g/mol. The van der Waals surface area contributed by atoms with Crippen molar-refractivity contribution in [2.24, 2.45) is 9.98 Å². The zero-order chi connectivity index (χ0) is 58.5. The zero-order valence-electron chi connectivity index (χ0n) is 34.2. The standard InChI is InChI=1S/C36H20F34N2O2/c37-21(38,23(41,42)25(45,46)27(49,50)29(53,54)31(57,58)33(61,62)35(65,66)67)15-5-7-19(73)13(9-15)11-71-17-3-1-2-4-18(17)72-12-14-10-16(6-8-20(14)74)22(39,40)24(43,44)26(47,48)28(51,52)30(55,56)32(59,60)34(63,64)36(68,69)70/h5-12,17-18,73-74H,1-4H2. The van der Waals surface area contributed by atoms with Crippen LogP contribution in [0.1, 0.15) is 47.9 Å². The van der Waals surface area contributed by atoms with E-state index in [1.807, 2.05) is 0 Å². The largest absolute Gasteiger partial charge is 0.507 e. The molecule has 2 aromatic rings. The van der Waals surface area contributed by atoms with Gasteiger partial charge in [0, 0.05) is 34.7 Å². The molecule has 0 spiro atoms. The molecule has 3 rings (SSSR count). The minimum Gasteiger partial charge on any atom is -0.507 e. The Morgan fingerprint density at radius 3 is 0.770 bits per heavy atom. The van der Waals surface area contributed by atoms with E-state index in [-0.39, 0.29) is 50.2 Å². The molecule has 0 amide bonds. The number of rotatable bonds is 18. The molecule has 0 saturated heterocycles. The van der Waals surface area contributed by atoms with E-state index in [0.29, 0.717) is 0 Å². The molecule has 2 unspecified atom stereocenters. The first-order valence-corrected chi connectivity index (χ1v) is 18.6. The number of halogens is 34. The molecule has 1 fully saturated rings. The fourth-order valence-electron chi connectivity index (χ4n) is 6.19. The summed E-state index contributed by atoms with van der Waals surface area (Å²) in [5, 5.41) is 20.1. The summed E-state index contributed by atoms with van der Waals surface area (Å²) in [6.45, 7) is 0. The summed E-state index contributed by atoms with van der Waals surface area (Å²) in [5.41, 5.74) is -8.48. The molecule has 0 radical (unpaired) electrons. The van der Waals surface area contributed by atoms with Gasteiger partial charge in [-0.15, -0.1) is 0 Å². The van der Waals surface area contributed by atoms with Gasteiger partial charge in [-0.25, -0.2) is 0 Å². The van der Waals surface area contributed by atoms with Crippen LogP contribution in [0.5, 0.6) is 11.5 Å². The first kappa shape index (κ1) is 63.3. The number of aromatic hydroxyl groups is 2. The molecule has 2 aromatic carbocycles. The normalized spacial score (nSPS) is 19.0.